The van der Waals surface area contributed by atoms with E-state index in [0.29, 0.717) is 23.2 Å². The first-order chi connectivity index (χ1) is 12.6. The standard InChI is InChI=1S/C19H17N3O4/c1-3-26-19(24)16-18(23)13-8-9-22(17(13)14(10-20)21-16)11-12-6-4-5-7-15(12)25-2/h4-9,23H,3,11H2,1-2H3. The maximum absolute atomic E-state index is 12.0. The van der Waals surface area contributed by atoms with Crippen LogP contribution in [0, 0.1) is 11.3 Å². The Morgan fingerprint density at radius 2 is 2.12 bits per heavy atom. The van der Waals surface area contributed by atoms with Crippen molar-refractivity contribution >= 4 is 16.9 Å². The number of hydrogen-bond acceptors (Lipinski definition) is 6. The lowest BCUT2D eigenvalue weighted by Gasteiger charge is -2.11. The van der Waals surface area contributed by atoms with Gasteiger partial charge in [-0.2, -0.15) is 5.26 Å². The zero-order valence-corrected chi connectivity index (χ0v) is 14.4. The molecule has 2 aromatic heterocycles. The van der Waals surface area contributed by atoms with E-state index in [1.54, 1.807) is 30.9 Å². The highest BCUT2D eigenvalue weighted by Gasteiger charge is 2.22. The van der Waals surface area contributed by atoms with E-state index in [4.69, 9.17) is 9.47 Å². The van der Waals surface area contributed by atoms with Gasteiger partial charge in [-0.25, -0.2) is 9.78 Å². The minimum atomic E-state index is -0.763. The Morgan fingerprint density at radius 3 is 2.81 bits per heavy atom. The fourth-order valence-electron chi connectivity index (χ4n) is 2.84. The molecule has 0 saturated carbocycles. The minimum absolute atomic E-state index is 0.0424. The number of fused-ring (bicyclic) bond motifs is 1. The molecule has 0 atom stereocenters. The molecule has 0 aliphatic heterocycles. The van der Waals surface area contributed by atoms with Crippen LogP contribution >= 0.6 is 0 Å². The molecule has 3 rings (SSSR count). The molecule has 0 fully saturated rings. The van der Waals surface area contributed by atoms with E-state index in [9.17, 15) is 15.2 Å². The Hall–Kier alpha value is -3.53. The summed E-state index contributed by atoms with van der Waals surface area (Å²) in [6.07, 6.45) is 1.73. The molecule has 7 heteroatoms. The number of aromatic nitrogens is 2. The SMILES string of the molecule is CCOC(=O)c1nc(C#N)c2c(ccn2Cc2ccccc2OC)c1O. The van der Waals surface area contributed by atoms with E-state index in [-0.39, 0.29) is 23.7 Å². The number of rotatable bonds is 5. The number of hydrogen-bond donors (Lipinski definition) is 1. The highest BCUT2D eigenvalue weighted by atomic mass is 16.5. The number of carbonyl (C=O) groups excluding carboxylic acids is 1. The predicted molar refractivity (Wildman–Crippen MR) is 94.2 cm³/mol. The van der Waals surface area contributed by atoms with Gasteiger partial charge in [0.1, 0.15) is 11.8 Å². The molecule has 0 spiro atoms. The first-order valence-electron chi connectivity index (χ1n) is 8.01. The van der Waals surface area contributed by atoms with Crippen LogP contribution in [-0.2, 0) is 11.3 Å². The lowest BCUT2D eigenvalue weighted by molar-refractivity contribution is 0.0516. The summed E-state index contributed by atoms with van der Waals surface area (Å²) in [6, 6.07) is 11.2. The largest absolute Gasteiger partial charge is 0.505 e. The molecule has 3 aromatic rings. The molecule has 0 aliphatic carbocycles. The molecule has 26 heavy (non-hydrogen) atoms. The van der Waals surface area contributed by atoms with Gasteiger partial charge in [0.2, 0.25) is 0 Å². The summed E-state index contributed by atoms with van der Waals surface area (Å²) in [5, 5.41) is 20.3. The third kappa shape index (κ3) is 2.93. The number of pyridine rings is 1. The second-order valence-corrected chi connectivity index (χ2v) is 5.51. The van der Waals surface area contributed by atoms with Gasteiger partial charge in [0.25, 0.3) is 0 Å². The number of nitriles is 1. The number of ether oxygens (including phenoxy) is 2. The first kappa shape index (κ1) is 17.3. The zero-order valence-electron chi connectivity index (χ0n) is 14.4. The van der Waals surface area contributed by atoms with Gasteiger partial charge in [0, 0.05) is 17.1 Å². The lowest BCUT2D eigenvalue weighted by atomic mass is 10.1. The number of benzene rings is 1. The maximum atomic E-state index is 12.0. The predicted octanol–water partition coefficient (Wildman–Crippen LogP) is 2.85. The molecule has 0 aliphatic rings. The Balaban J connectivity index is 2.14. The summed E-state index contributed by atoms with van der Waals surface area (Å²) in [5.74, 6) is -0.342. The number of methoxy groups -OCH3 is 1. The molecular formula is C19H17N3O4. The molecule has 0 amide bonds. The van der Waals surface area contributed by atoms with Crippen LogP contribution in [-0.4, -0.2) is 34.3 Å². The van der Waals surface area contributed by atoms with Gasteiger partial charge < -0.3 is 19.1 Å². The molecule has 7 nitrogen and oxygen atoms in total. The Morgan fingerprint density at radius 1 is 1.35 bits per heavy atom. The van der Waals surface area contributed by atoms with Crippen LogP contribution in [0.4, 0.5) is 0 Å². The van der Waals surface area contributed by atoms with Crippen molar-refractivity contribution in [1.29, 1.82) is 5.26 Å². The summed E-state index contributed by atoms with van der Waals surface area (Å²) in [6.45, 7) is 2.22. The van der Waals surface area contributed by atoms with Gasteiger partial charge in [-0.05, 0) is 19.1 Å². The van der Waals surface area contributed by atoms with E-state index < -0.39 is 5.97 Å². The third-order valence-electron chi connectivity index (χ3n) is 4.00. The van der Waals surface area contributed by atoms with E-state index in [1.807, 2.05) is 30.3 Å². The number of carbonyl (C=O) groups is 1. The Kier molecular flexibility index (Phi) is 4.76. The first-order valence-corrected chi connectivity index (χ1v) is 8.01. The molecular weight excluding hydrogens is 334 g/mol. The average molecular weight is 351 g/mol. The van der Waals surface area contributed by atoms with Crippen molar-refractivity contribution < 1.29 is 19.4 Å². The topological polar surface area (TPSA) is 97.4 Å². The van der Waals surface area contributed by atoms with E-state index in [0.717, 1.165) is 5.56 Å². The highest BCUT2D eigenvalue weighted by molar-refractivity contribution is 6.00. The quantitative estimate of drug-likeness (QED) is 0.710. The van der Waals surface area contributed by atoms with Crippen LogP contribution in [0.15, 0.2) is 36.5 Å². The van der Waals surface area contributed by atoms with Gasteiger partial charge in [-0.3, -0.25) is 0 Å². The molecule has 0 saturated heterocycles. The highest BCUT2D eigenvalue weighted by Crippen LogP contribution is 2.32. The summed E-state index contributed by atoms with van der Waals surface area (Å²) < 4.78 is 12.0. The van der Waals surface area contributed by atoms with Crippen molar-refractivity contribution in [3.05, 3.63) is 53.5 Å². The van der Waals surface area contributed by atoms with E-state index >= 15 is 0 Å². The van der Waals surface area contributed by atoms with Crippen molar-refractivity contribution in [2.24, 2.45) is 0 Å². The summed E-state index contributed by atoms with van der Waals surface area (Å²) in [7, 11) is 1.59. The maximum Gasteiger partial charge on any atom is 0.360 e. The van der Waals surface area contributed by atoms with E-state index in [2.05, 4.69) is 4.98 Å². The van der Waals surface area contributed by atoms with Gasteiger partial charge in [-0.15, -0.1) is 0 Å². The molecule has 1 aromatic carbocycles. The second kappa shape index (κ2) is 7.15. The zero-order chi connectivity index (χ0) is 18.7. The van der Waals surface area contributed by atoms with Gasteiger partial charge in [0.05, 0.1) is 25.8 Å². The van der Waals surface area contributed by atoms with Crippen LogP contribution in [0.2, 0.25) is 0 Å². The number of para-hydroxylation sites is 1. The average Bonchev–Trinajstić information content (AvgIpc) is 3.07. The summed E-state index contributed by atoms with van der Waals surface area (Å²) in [5.41, 5.74) is 1.14. The van der Waals surface area contributed by atoms with Gasteiger partial charge >= 0.3 is 5.97 Å². The van der Waals surface area contributed by atoms with Crippen molar-refractivity contribution in [1.82, 2.24) is 9.55 Å². The molecule has 132 valence electrons. The third-order valence-corrected chi connectivity index (χ3v) is 4.00. The van der Waals surface area contributed by atoms with Crippen LogP contribution in [0.1, 0.15) is 28.7 Å². The van der Waals surface area contributed by atoms with Crippen molar-refractivity contribution in [2.45, 2.75) is 13.5 Å². The Labute approximate surface area is 150 Å². The summed E-state index contributed by atoms with van der Waals surface area (Å²) >= 11 is 0. The monoisotopic (exact) mass is 351 g/mol. The van der Waals surface area contributed by atoms with Crippen LogP contribution in [0.5, 0.6) is 11.5 Å². The van der Waals surface area contributed by atoms with Crippen molar-refractivity contribution in [2.75, 3.05) is 13.7 Å². The number of esters is 1. The lowest BCUT2D eigenvalue weighted by Crippen LogP contribution is -2.10. The molecule has 2 heterocycles. The smallest absolute Gasteiger partial charge is 0.360 e. The van der Waals surface area contributed by atoms with Crippen molar-refractivity contribution in [3.63, 3.8) is 0 Å². The van der Waals surface area contributed by atoms with Gasteiger partial charge in [0.15, 0.2) is 17.1 Å². The van der Waals surface area contributed by atoms with Crippen LogP contribution in [0.3, 0.4) is 0 Å². The normalized spacial score (nSPS) is 10.5. The van der Waals surface area contributed by atoms with Gasteiger partial charge in [-0.1, -0.05) is 18.2 Å². The molecule has 1 N–H and O–H groups in total. The van der Waals surface area contributed by atoms with Crippen LogP contribution < -0.4 is 4.74 Å². The Bertz CT molecular complexity index is 1020. The second-order valence-electron chi connectivity index (χ2n) is 5.51. The number of aromatic hydroxyl groups is 1. The minimum Gasteiger partial charge on any atom is -0.505 e. The number of nitrogens with zero attached hydrogens (tertiary/aromatic N) is 3. The molecule has 0 bridgehead atoms. The van der Waals surface area contributed by atoms with Crippen LogP contribution in [0.25, 0.3) is 10.9 Å². The van der Waals surface area contributed by atoms with Crippen molar-refractivity contribution in [3.8, 4) is 17.6 Å². The fourth-order valence-corrected chi connectivity index (χ4v) is 2.84. The fraction of sp³-hybridized carbons (Fsp3) is 0.211. The summed E-state index contributed by atoms with van der Waals surface area (Å²) in [4.78, 5) is 16.0. The van der Waals surface area contributed by atoms with E-state index in [1.165, 1.54) is 0 Å². The molecule has 0 radical (unpaired) electrons. The molecule has 0 unspecified atom stereocenters.